The third-order valence-electron chi connectivity index (χ3n) is 1.34. The van der Waals surface area contributed by atoms with E-state index in [1.807, 2.05) is 30.3 Å². The smallest absolute Gasteiger partial charge is 0.307 e. The summed E-state index contributed by atoms with van der Waals surface area (Å²) in [6.07, 6.45) is 1.72. The zero-order valence-corrected chi connectivity index (χ0v) is 7.83. The Bertz CT molecular complexity index is 293. The number of benzene rings is 1. The predicted molar refractivity (Wildman–Crippen MR) is 53.7 cm³/mol. The number of hydrogen-bond donors (Lipinski definition) is 1. The molecule has 0 aliphatic rings. The fraction of sp³-hybridized carbons (Fsp3) is 0.100. The van der Waals surface area contributed by atoms with E-state index in [1.165, 1.54) is 11.8 Å². The maximum Gasteiger partial charge on any atom is 0.307 e. The van der Waals surface area contributed by atoms with E-state index in [9.17, 15) is 4.79 Å². The minimum Gasteiger partial charge on any atom is -0.481 e. The lowest BCUT2D eigenvalue weighted by Gasteiger charge is -1.92. The first kappa shape index (κ1) is 9.86. The molecule has 0 atom stereocenters. The number of hydrogen-bond acceptors (Lipinski definition) is 2. The second-order valence-electron chi connectivity index (χ2n) is 2.40. The van der Waals surface area contributed by atoms with E-state index in [4.69, 9.17) is 5.11 Å². The van der Waals surface area contributed by atoms with Gasteiger partial charge in [0, 0.05) is 4.90 Å². The molecule has 1 aromatic rings. The van der Waals surface area contributed by atoms with E-state index in [-0.39, 0.29) is 6.42 Å². The van der Waals surface area contributed by atoms with Crippen LogP contribution in [0.2, 0.25) is 0 Å². The van der Waals surface area contributed by atoms with E-state index < -0.39 is 5.97 Å². The highest BCUT2D eigenvalue weighted by Crippen LogP contribution is 2.17. The van der Waals surface area contributed by atoms with Gasteiger partial charge < -0.3 is 5.11 Å². The molecule has 0 fully saturated rings. The molecule has 1 rings (SSSR count). The predicted octanol–water partition coefficient (Wildman–Crippen LogP) is 2.77. The Morgan fingerprint density at radius 1 is 1.38 bits per heavy atom. The van der Waals surface area contributed by atoms with E-state index in [1.54, 1.807) is 11.5 Å². The highest BCUT2D eigenvalue weighted by Gasteiger charge is 1.90. The highest BCUT2D eigenvalue weighted by molar-refractivity contribution is 8.02. The van der Waals surface area contributed by atoms with Crippen molar-refractivity contribution in [2.45, 2.75) is 11.3 Å². The molecule has 0 saturated carbocycles. The number of aliphatic carboxylic acids is 1. The van der Waals surface area contributed by atoms with Crippen molar-refractivity contribution < 1.29 is 9.90 Å². The third-order valence-corrected chi connectivity index (χ3v) is 2.21. The van der Waals surface area contributed by atoms with Crippen molar-refractivity contribution in [3.8, 4) is 0 Å². The standard InChI is InChI=1S/C10H10O2S/c11-10(12)7-4-8-13-9-5-2-1-3-6-9/h1-6,8H,7H2,(H,11,12). The Balaban J connectivity index is 2.35. The first-order valence-electron chi connectivity index (χ1n) is 3.87. The van der Waals surface area contributed by atoms with Gasteiger partial charge >= 0.3 is 5.97 Å². The SMILES string of the molecule is O=C(O)CC=CSc1ccccc1. The van der Waals surface area contributed by atoms with Crippen molar-refractivity contribution in [2.75, 3.05) is 0 Å². The van der Waals surface area contributed by atoms with Crippen LogP contribution < -0.4 is 0 Å². The number of rotatable bonds is 4. The number of carboxylic acid groups (broad SMARTS) is 1. The normalized spacial score (nSPS) is 10.5. The van der Waals surface area contributed by atoms with Crippen LogP contribution in [0, 0.1) is 0 Å². The second kappa shape index (κ2) is 5.43. The van der Waals surface area contributed by atoms with Crippen LogP contribution in [0.15, 0.2) is 46.7 Å². The molecule has 0 radical (unpaired) electrons. The lowest BCUT2D eigenvalue weighted by atomic mass is 10.4. The van der Waals surface area contributed by atoms with Gasteiger partial charge in [-0.05, 0) is 17.5 Å². The van der Waals surface area contributed by atoms with Crippen LogP contribution in [0.4, 0.5) is 0 Å². The van der Waals surface area contributed by atoms with Crippen molar-refractivity contribution >= 4 is 17.7 Å². The van der Waals surface area contributed by atoms with Crippen molar-refractivity contribution in [2.24, 2.45) is 0 Å². The Kier molecular flexibility index (Phi) is 4.12. The molecule has 1 N–H and O–H groups in total. The molecule has 0 saturated heterocycles. The zero-order chi connectivity index (χ0) is 9.52. The molecule has 68 valence electrons. The minimum atomic E-state index is -0.801. The average molecular weight is 194 g/mol. The van der Waals surface area contributed by atoms with Crippen molar-refractivity contribution in [3.05, 3.63) is 41.8 Å². The summed E-state index contributed by atoms with van der Waals surface area (Å²) in [7, 11) is 0. The van der Waals surface area contributed by atoms with Crippen LogP contribution in [0.5, 0.6) is 0 Å². The summed E-state index contributed by atoms with van der Waals surface area (Å²) in [6, 6.07) is 9.82. The van der Waals surface area contributed by atoms with Crippen molar-refractivity contribution in [3.63, 3.8) is 0 Å². The van der Waals surface area contributed by atoms with Crippen LogP contribution in [0.3, 0.4) is 0 Å². The summed E-state index contributed by atoms with van der Waals surface area (Å²) in [4.78, 5) is 11.3. The molecule has 3 heteroatoms. The molecule has 0 amide bonds. The van der Waals surface area contributed by atoms with Gasteiger partial charge in [0.05, 0.1) is 6.42 Å². The monoisotopic (exact) mass is 194 g/mol. The van der Waals surface area contributed by atoms with Gasteiger partial charge in [-0.2, -0.15) is 0 Å². The maximum atomic E-state index is 10.2. The molecular weight excluding hydrogens is 184 g/mol. The van der Waals surface area contributed by atoms with Gasteiger partial charge in [0.2, 0.25) is 0 Å². The molecular formula is C10H10O2S. The lowest BCUT2D eigenvalue weighted by molar-refractivity contribution is -0.135. The van der Waals surface area contributed by atoms with Gasteiger partial charge in [0.25, 0.3) is 0 Å². The highest BCUT2D eigenvalue weighted by atomic mass is 32.2. The summed E-state index contributed by atoms with van der Waals surface area (Å²) in [6.45, 7) is 0. The Morgan fingerprint density at radius 2 is 2.08 bits per heavy atom. The minimum absolute atomic E-state index is 0.0832. The van der Waals surface area contributed by atoms with Gasteiger partial charge in [-0.1, -0.05) is 36.0 Å². The molecule has 0 unspecified atom stereocenters. The molecule has 13 heavy (non-hydrogen) atoms. The first-order valence-corrected chi connectivity index (χ1v) is 4.75. The number of thioether (sulfide) groups is 1. The van der Waals surface area contributed by atoms with E-state index >= 15 is 0 Å². The number of carbonyl (C=O) groups is 1. The Labute approximate surface area is 81.3 Å². The number of carboxylic acids is 1. The summed E-state index contributed by atoms with van der Waals surface area (Å²) in [5.74, 6) is -0.801. The Morgan fingerprint density at radius 3 is 2.69 bits per heavy atom. The largest absolute Gasteiger partial charge is 0.481 e. The van der Waals surface area contributed by atoms with Crippen molar-refractivity contribution in [1.29, 1.82) is 0 Å². The second-order valence-corrected chi connectivity index (χ2v) is 3.38. The molecule has 0 aliphatic carbocycles. The maximum absolute atomic E-state index is 10.2. The summed E-state index contributed by atoms with van der Waals surface area (Å²) in [5, 5.41) is 10.1. The summed E-state index contributed by atoms with van der Waals surface area (Å²) < 4.78 is 0. The quantitative estimate of drug-likeness (QED) is 0.749. The molecule has 0 heterocycles. The van der Waals surface area contributed by atoms with E-state index in [2.05, 4.69) is 0 Å². The molecule has 0 aromatic heterocycles. The average Bonchev–Trinajstić information content (AvgIpc) is 2.14. The third kappa shape index (κ3) is 4.38. The van der Waals surface area contributed by atoms with Gasteiger partial charge in [0.1, 0.15) is 0 Å². The van der Waals surface area contributed by atoms with E-state index in [0.717, 1.165) is 4.90 Å². The van der Waals surface area contributed by atoms with E-state index in [0.29, 0.717) is 0 Å². The summed E-state index contributed by atoms with van der Waals surface area (Å²) in [5.41, 5.74) is 0. The summed E-state index contributed by atoms with van der Waals surface area (Å²) >= 11 is 1.52. The fourth-order valence-electron chi connectivity index (χ4n) is 0.775. The van der Waals surface area contributed by atoms with Gasteiger partial charge in [-0.3, -0.25) is 4.79 Å². The molecule has 0 aliphatic heterocycles. The van der Waals surface area contributed by atoms with Crippen LogP contribution in [-0.2, 0) is 4.79 Å². The van der Waals surface area contributed by atoms with Crippen molar-refractivity contribution in [1.82, 2.24) is 0 Å². The molecule has 0 bridgehead atoms. The topological polar surface area (TPSA) is 37.3 Å². The molecule has 2 nitrogen and oxygen atoms in total. The lowest BCUT2D eigenvalue weighted by Crippen LogP contribution is -1.89. The van der Waals surface area contributed by atoms with Crippen LogP contribution >= 0.6 is 11.8 Å². The van der Waals surface area contributed by atoms with Crippen LogP contribution in [-0.4, -0.2) is 11.1 Å². The van der Waals surface area contributed by atoms with Gasteiger partial charge in [-0.25, -0.2) is 0 Å². The Hall–Kier alpha value is -1.22. The van der Waals surface area contributed by atoms with Gasteiger partial charge in [0.15, 0.2) is 0 Å². The zero-order valence-electron chi connectivity index (χ0n) is 7.01. The molecule has 1 aromatic carbocycles. The first-order chi connectivity index (χ1) is 6.29. The molecule has 0 spiro atoms. The van der Waals surface area contributed by atoms with Crippen LogP contribution in [0.1, 0.15) is 6.42 Å². The van der Waals surface area contributed by atoms with Gasteiger partial charge in [-0.15, -0.1) is 0 Å². The van der Waals surface area contributed by atoms with Crippen LogP contribution in [0.25, 0.3) is 0 Å². The fourth-order valence-corrected chi connectivity index (χ4v) is 1.44.